The van der Waals surface area contributed by atoms with Crippen molar-refractivity contribution in [2.75, 3.05) is 49.7 Å². The van der Waals surface area contributed by atoms with Gasteiger partial charge in [0.1, 0.15) is 5.75 Å². The molecule has 1 amide bonds. The number of para-hydroxylation sites is 1. The number of carbonyl (C=O) groups is 1. The number of ether oxygens (including phenoxy) is 2. The van der Waals surface area contributed by atoms with E-state index in [1.54, 1.807) is 7.11 Å². The van der Waals surface area contributed by atoms with Crippen molar-refractivity contribution in [1.29, 1.82) is 0 Å². The van der Waals surface area contributed by atoms with Gasteiger partial charge in [0, 0.05) is 50.2 Å². The van der Waals surface area contributed by atoms with Gasteiger partial charge in [0.15, 0.2) is 0 Å². The number of carbonyl (C=O) groups excluding carboxylic acids is 1. The van der Waals surface area contributed by atoms with Crippen LogP contribution in [0.15, 0.2) is 48.5 Å². The quantitative estimate of drug-likeness (QED) is 0.805. The summed E-state index contributed by atoms with van der Waals surface area (Å²) in [6, 6.07) is 16.9. The van der Waals surface area contributed by atoms with Gasteiger partial charge in [-0.3, -0.25) is 4.79 Å². The minimum atomic E-state index is -0.0891. The molecule has 0 saturated carbocycles. The van der Waals surface area contributed by atoms with E-state index < -0.39 is 0 Å². The Morgan fingerprint density at radius 3 is 2.84 bits per heavy atom. The lowest BCUT2D eigenvalue weighted by atomic mass is 9.83. The first kappa shape index (κ1) is 20.2. The van der Waals surface area contributed by atoms with Crippen molar-refractivity contribution in [3.8, 4) is 5.75 Å². The summed E-state index contributed by atoms with van der Waals surface area (Å²) in [4.78, 5) is 18.2. The fourth-order valence-electron chi connectivity index (χ4n) is 5.23. The molecule has 1 N–H and O–H groups in total. The maximum Gasteiger partial charge on any atom is 0.225 e. The van der Waals surface area contributed by atoms with E-state index >= 15 is 0 Å². The molecule has 3 aliphatic heterocycles. The molecule has 3 atom stereocenters. The van der Waals surface area contributed by atoms with E-state index in [4.69, 9.17) is 9.47 Å². The van der Waals surface area contributed by atoms with Crippen molar-refractivity contribution in [3.05, 3.63) is 54.1 Å². The molecule has 0 aliphatic carbocycles. The first-order valence-electron chi connectivity index (χ1n) is 11.4. The lowest BCUT2D eigenvalue weighted by molar-refractivity contribution is -0.126. The molecule has 2 aromatic rings. The lowest BCUT2D eigenvalue weighted by Gasteiger charge is -2.49. The van der Waals surface area contributed by atoms with Crippen molar-refractivity contribution >= 4 is 17.3 Å². The van der Waals surface area contributed by atoms with Crippen LogP contribution in [0.3, 0.4) is 0 Å². The number of anilines is 2. The number of methoxy groups -OCH3 is 1. The van der Waals surface area contributed by atoms with Crippen LogP contribution in [0.5, 0.6) is 5.75 Å². The van der Waals surface area contributed by atoms with Crippen molar-refractivity contribution in [3.63, 3.8) is 0 Å². The summed E-state index contributed by atoms with van der Waals surface area (Å²) in [5, 5.41) is 3.20. The van der Waals surface area contributed by atoms with Crippen LogP contribution < -0.4 is 19.9 Å². The van der Waals surface area contributed by atoms with Gasteiger partial charge in [-0.2, -0.15) is 0 Å². The SMILES string of the molecule is COc1ccc2c(c1)N1CCN(c3ccccc3)C[C@@H]1[C@@H](C(=O)NC[C@@H]1CCCO1)C2. The van der Waals surface area contributed by atoms with Gasteiger partial charge >= 0.3 is 0 Å². The van der Waals surface area contributed by atoms with Crippen LogP contribution in [-0.4, -0.2) is 57.9 Å². The number of nitrogens with zero attached hydrogens (tertiary/aromatic N) is 2. The van der Waals surface area contributed by atoms with Crippen LogP contribution in [0.25, 0.3) is 0 Å². The van der Waals surface area contributed by atoms with Crippen molar-refractivity contribution < 1.29 is 14.3 Å². The summed E-state index contributed by atoms with van der Waals surface area (Å²) >= 11 is 0. The molecule has 2 fully saturated rings. The molecule has 0 unspecified atom stereocenters. The Morgan fingerprint density at radius 2 is 2.06 bits per heavy atom. The molecule has 6 nitrogen and oxygen atoms in total. The van der Waals surface area contributed by atoms with Gasteiger partial charge in [0.2, 0.25) is 5.91 Å². The van der Waals surface area contributed by atoms with Crippen LogP contribution in [0, 0.1) is 5.92 Å². The molecule has 2 saturated heterocycles. The summed E-state index contributed by atoms with van der Waals surface area (Å²) in [6.07, 6.45) is 3.03. The Kier molecular flexibility index (Phi) is 5.72. The Labute approximate surface area is 184 Å². The Hall–Kier alpha value is -2.73. The molecule has 0 radical (unpaired) electrons. The summed E-state index contributed by atoms with van der Waals surface area (Å²) < 4.78 is 11.2. The normalized spacial score (nSPS) is 25.0. The summed E-state index contributed by atoms with van der Waals surface area (Å²) in [7, 11) is 1.71. The third kappa shape index (κ3) is 4.09. The van der Waals surface area contributed by atoms with E-state index in [1.165, 1.54) is 16.9 Å². The number of piperazine rings is 1. The second-order valence-corrected chi connectivity index (χ2v) is 8.73. The summed E-state index contributed by atoms with van der Waals surface area (Å²) in [5.41, 5.74) is 3.65. The smallest absolute Gasteiger partial charge is 0.225 e. The number of benzene rings is 2. The van der Waals surface area contributed by atoms with Gasteiger partial charge in [0.05, 0.1) is 25.2 Å². The van der Waals surface area contributed by atoms with E-state index in [9.17, 15) is 4.79 Å². The zero-order valence-electron chi connectivity index (χ0n) is 18.1. The first-order valence-corrected chi connectivity index (χ1v) is 11.4. The van der Waals surface area contributed by atoms with Crippen LogP contribution in [0.4, 0.5) is 11.4 Å². The summed E-state index contributed by atoms with van der Waals surface area (Å²) in [5.74, 6) is 0.917. The third-order valence-electron chi connectivity index (χ3n) is 6.91. The van der Waals surface area contributed by atoms with Gasteiger partial charge in [-0.15, -0.1) is 0 Å². The molecule has 0 spiro atoms. The second-order valence-electron chi connectivity index (χ2n) is 8.73. The topological polar surface area (TPSA) is 54.0 Å². The molecular formula is C25H31N3O3. The third-order valence-corrected chi connectivity index (χ3v) is 6.91. The second kappa shape index (κ2) is 8.79. The highest BCUT2D eigenvalue weighted by Gasteiger charge is 2.42. The van der Waals surface area contributed by atoms with Gasteiger partial charge < -0.3 is 24.6 Å². The van der Waals surface area contributed by atoms with Crippen molar-refractivity contribution in [1.82, 2.24) is 5.32 Å². The van der Waals surface area contributed by atoms with Gasteiger partial charge in [-0.1, -0.05) is 24.3 Å². The maximum absolute atomic E-state index is 13.3. The van der Waals surface area contributed by atoms with Crippen LogP contribution in [0.1, 0.15) is 18.4 Å². The predicted molar refractivity (Wildman–Crippen MR) is 122 cm³/mol. The molecule has 3 heterocycles. The number of hydrogen-bond acceptors (Lipinski definition) is 5. The fourth-order valence-corrected chi connectivity index (χ4v) is 5.23. The lowest BCUT2D eigenvalue weighted by Crippen LogP contribution is -2.61. The Balaban J connectivity index is 1.40. The van der Waals surface area contributed by atoms with Gasteiger partial charge in [-0.25, -0.2) is 0 Å². The standard InChI is InChI=1S/C25H31N3O3/c1-30-20-10-9-18-14-22(25(29)26-16-21-8-5-13-31-21)24-17-27(19-6-3-2-4-7-19)11-12-28(24)23(18)15-20/h2-4,6-7,9-10,15,21-22,24H,5,8,11-14,16-17H2,1H3,(H,26,29)/t21-,22-,24+/m0/s1. The molecule has 164 valence electrons. The van der Waals surface area contributed by atoms with Gasteiger partial charge in [-0.05, 0) is 43.0 Å². The van der Waals surface area contributed by atoms with Crippen molar-refractivity contribution in [2.24, 2.45) is 5.92 Å². The fraction of sp³-hybridized carbons (Fsp3) is 0.480. The monoisotopic (exact) mass is 421 g/mol. The first-order chi connectivity index (χ1) is 15.2. The largest absolute Gasteiger partial charge is 0.497 e. The Morgan fingerprint density at radius 1 is 1.19 bits per heavy atom. The van der Waals surface area contributed by atoms with Crippen LogP contribution in [0.2, 0.25) is 0 Å². The molecule has 2 aromatic carbocycles. The van der Waals surface area contributed by atoms with E-state index in [-0.39, 0.29) is 24.0 Å². The molecular weight excluding hydrogens is 390 g/mol. The maximum atomic E-state index is 13.3. The molecule has 31 heavy (non-hydrogen) atoms. The molecule has 6 heteroatoms. The zero-order chi connectivity index (χ0) is 21.2. The van der Waals surface area contributed by atoms with E-state index in [2.05, 4.69) is 51.5 Å². The highest BCUT2D eigenvalue weighted by atomic mass is 16.5. The molecule has 5 rings (SSSR count). The highest BCUT2D eigenvalue weighted by Crippen LogP contribution is 2.39. The molecule has 0 aromatic heterocycles. The minimum absolute atomic E-state index is 0.0891. The Bertz CT molecular complexity index is 913. The van der Waals surface area contributed by atoms with Crippen LogP contribution in [-0.2, 0) is 16.0 Å². The van der Waals surface area contributed by atoms with Crippen LogP contribution >= 0.6 is 0 Å². The van der Waals surface area contributed by atoms with E-state index in [1.807, 2.05) is 12.1 Å². The number of rotatable bonds is 5. The van der Waals surface area contributed by atoms with E-state index in [0.717, 1.165) is 51.3 Å². The minimum Gasteiger partial charge on any atom is -0.497 e. The van der Waals surface area contributed by atoms with Crippen molar-refractivity contribution in [2.45, 2.75) is 31.4 Å². The number of nitrogens with one attached hydrogen (secondary N) is 1. The molecule has 3 aliphatic rings. The summed E-state index contributed by atoms with van der Waals surface area (Å²) in [6.45, 7) is 4.07. The van der Waals surface area contributed by atoms with E-state index in [0.29, 0.717) is 6.54 Å². The number of hydrogen-bond donors (Lipinski definition) is 1. The predicted octanol–water partition coefficient (Wildman–Crippen LogP) is 2.86. The highest BCUT2D eigenvalue weighted by molar-refractivity contribution is 5.82. The zero-order valence-corrected chi connectivity index (χ0v) is 18.1. The number of fused-ring (bicyclic) bond motifs is 3. The number of amides is 1. The average molecular weight is 422 g/mol. The molecule has 0 bridgehead atoms. The average Bonchev–Trinajstić information content (AvgIpc) is 3.35. The van der Waals surface area contributed by atoms with Gasteiger partial charge in [0.25, 0.3) is 0 Å².